The molecule has 2 heterocycles. The molecule has 1 aromatic carbocycles. The Balaban J connectivity index is 1.90. The van der Waals surface area contributed by atoms with Gasteiger partial charge in [0.2, 0.25) is 5.91 Å². The highest BCUT2D eigenvalue weighted by Crippen LogP contribution is 2.33. The molecule has 0 saturated carbocycles. The number of rotatable bonds is 3. The summed E-state index contributed by atoms with van der Waals surface area (Å²) in [7, 11) is 0. The van der Waals surface area contributed by atoms with Gasteiger partial charge < -0.3 is 4.90 Å². The fourth-order valence-electron chi connectivity index (χ4n) is 2.34. The van der Waals surface area contributed by atoms with Crippen LogP contribution >= 0.6 is 11.6 Å². The molecule has 21 heavy (non-hydrogen) atoms. The van der Waals surface area contributed by atoms with Gasteiger partial charge in [-0.3, -0.25) is 14.9 Å². The molecule has 1 aliphatic rings. The molecular weight excluding hydrogens is 294 g/mol. The maximum atomic E-state index is 12.1. The van der Waals surface area contributed by atoms with Crippen molar-refractivity contribution >= 4 is 28.9 Å². The summed E-state index contributed by atoms with van der Waals surface area (Å²) in [4.78, 5) is 28.0. The van der Waals surface area contributed by atoms with Gasteiger partial charge >= 0.3 is 0 Å². The third-order valence-corrected chi connectivity index (χ3v) is 3.56. The fraction of sp³-hybridized carbons (Fsp3) is 0.143. The average molecular weight is 304 g/mol. The summed E-state index contributed by atoms with van der Waals surface area (Å²) in [5.41, 5.74) is 2.23. The lowest BCUT2D eigenvalue weighted by molar-refractivity contribution is -0.384. The van der Waals surface area contributed by atoms with Gasteiger partial charge in [0.1, 0.15) is 5.15 Å². The first-order chi connectivity index (χ1) is 10.0. The highest BCUT2D eigenvalue weighted by Gasteiger charge is 2.28. The van der Waals surface area contributed by atoms with E-state index in [1.54, 1.807) is 29.3 Å². The largest absolute Gasteiger partial charge is 0.307 e. The number of anilines is 1. The summed E-state index contributed by atoms with van der Waals surface area (Å²) in [6, 6.07) is 7.93. The topological polar surface area (TPSA) is 76.3 Å². The van der Waals surface area contributed by atoms with Crippen molar-refractivity contribution in [3.63, 3.8) is 0 Å². The molecule has 7 heteroatoms. The SMILES string of the molecule is O=C1Cc2cc([N+](=O)[O-])ccc2N1Cc1ccc(Cl)nc1. The number of amides is 1. The molecule has 6 nitrogen and oxygen atoms in total. The minimum atomic E-state index is -0.462. The second-order valence-electron chi connectivity index (χ2n) is 4.72. The van der Waals surface area contributed by atoms with Gasteiger partial charge in [-0.1, -0.05) is 17.7 Å². The Labute approximate surface area is 125 Å². The molecule has 3 rings (SSSR count). The van der Waals surface area contributed by atoms with E-state index in [0.717, 1.165) is 5.56 Å². The molecule has 0 spiro atoms. The summed E-state index contributed by atoms with van der Waals surface area (Å²) in [6.45, 7) is 0.369. The first-order valence-corrected chi connectivity index (χ1v) is 6.60. The quantitative estimate of drug-likeness (QED) is 0.496. The maximum Gasteiger partial charge on any atom is 0.269 e. The van der Waals surface area contributed by atoms with Gasteiger partial charge in [0.05, 0.1) is 17.9 Å². The van der Waals surface area contributed by atoms with Crippen LogP contribution in [0.5, 0.6) is 0 Å². The van der Waals surface area contributed by atoms with Gasteiger partial charge in [-0.25, -0.2) is 4.98 Å². The van der Waals surface area contributed by atoms with E-state index in [0.29, 0.717) is 22.9 Å². The molecule has 0 unspecified atom stereocenters. The molecule has 1 amide bonds. The van der Waals surface area contributed by atoms with Crippen LogP contribution in [0.1, 0.15) is 11.1 Å². The Morgan fingerprint density at radius 3 is 2.81 bits per heavy atom. The lowest BCUT2D eigenvalue weighted by atomic mass is 10.1. The summed E-state index contributed by atoms with van der Waals surface area (Å²) in [5, 5.41) is 11.2. The fourth-order valence-corrected chi connectivity index (χ4v) is 2.45. The Kier molecular flexibility index (Phi) is 3.31. The van der Waals surface area contributed by atoms with Crippen molar-refractivity contribution in [2.75, 3.05) is 4.90 Å². The predicted molar refractivity (Wildman–Crippen MR) is 77.2 cm³/mol. The number of nitro benzene ring substituents is 1. The second-order valence-corrected chi connectivity index (χ2v) is 5.10. The van der Waals surface area contributed by atoms with Gasteiger partial charge in [0.25, 0.3) is 5.69 Å². The number of benzene rings is 1. The third-order valence-electron chi connectivity index (χ3n) is 3.34. The standard InChI is InChI=1S/C14H10ClN3O3/c15-13-4-1-9(7-16-13)8-17-12-3-2-11(18(20)21)5-10(12)6-14(17)19/h1-5,7H,6,8H2. The van der Waals surface area contributed by atoms with Crippen molar-refractivity contribution < 1.29 is 9.72 Å². The van der Waals surface area contributed by atoms with Crippen molar-refractivity contribution in [1.82, 2.24) is 4.98 Å². The minimum Gasteiger partial charge on any atom is -0.307 e. The highest BCUT2D eigenvalue weighted by molar-refractivity contribution is 6.29. The Bertz CT molecular complexity index is 731. The summed E-state index contributed by atoms with van der Waals surface area (Å²) >= 11 is 5.73. The Morgan fingerprint density at radius 1 is 1.33 bits per heavy atom. The number of non-ortho nitro benzene ring substituents is 1. The van der Waals surface area contributed by atoms with E-state index < -0.39 is 4.92 Å². The normalized spacial score (nSPS) is 13.4. The van der Waals surface area contributed by atoms with Gasteiger partial charge in [-0.15, -0.1) is 0 Å². The number of carbonyl (C=O) groups is 1. The van der Waals surface area contributed by atoms with E-state index in [4.69, 9.17) is 11.6 Å². The van der Waals surface area contributed by atoms with E-state index in [-0.39, 0.29) is 18.0 Å². The van der Waals surface area contributed by atoms with Crippen molar-refractivity contribution in [2.24, 2.45) is 0 Å². The molecule has 1 aliphatic heterocycles. The van der Waals surface area contributed by atoms with Crippen LogP contribution in [0.4, 0.5) is 11.4 Å². The number of carbonyl (C=O) groups excluding carboxylic acids is 1. The number of nitro groups is 1. The smallest absolute Gasteiger partial charge is 0.269 e. The predicted octanol–water partition coefficient (Wildman–Crippen LogP) is 2.73. The average Bonchev–Trinajstić information content (AvgIpc) is 2.76. The number of aromatic nitrogens is 1. The van der Waals surface area contributed by atoms with Crippen LogP contribution < -0.4 is 4.90 Å². The molecular formula is C14H10ClN3O3. The Morgan fingerprint density at radius 2 is 2.14 bits per heavy atom. The summed E-state index contributed by atoms with van der Waals surface area (Å²) in [6.07, 6.45) is 1.79. The Hall–Kier alpha value is -2.47. The molecule has 0 aliphatic carbocycles. The van der Waals surface area contributed by atoms with Gasteiger partial charge in [-0.2, -0.15) is 0 Å². The van der Waals surface area contributed by atoms with Crippen molar-refractivity contribution in [3.8, 4) is 0 Å². The molecule has 0 atom stereocenters. The molecule has 0 saturated heterocycles. The van der Waals surface area contributed by atoms with Crippen LogP contribution in [-0.2, 0) is 17.8 Å². The zero-order valence-electron chi connectivity index (χ0n) is 10.8. The van der Waals surface area contributed by atoms with Gasteiger partial charge in [-0.05, 0) is 23.3 Å². The molecule has 106 valence electrons. The van der Waals surface area contributed by atoms with Crippen molar-refractivity contribution in [2.45, 2.75) is 13.0 Å². The van der Waals surface area contributed by atoms with Gasteiger partial charge in [0.15, 0.2) is 0 Å². The van der Waals surface area contributed by atoms with Crippen molar-refractivity contribution in [3.05, 3.63) is 62.9 Å². The number of hydrogen-bond acceptors (Lipinski definition) is 4. The first-order valence-electron chi connectivity index (χ1n) is 6.23. The molecule has 0 radical (unpaired) electrons. The lowest BCUT2D eigenvalue weighted by Gasteiger charge is -2.17. The van der Waals surface area contributed by atoms with Crippen LogP contribution in [0.2, 0.25) is 5.15 Å². The van der Waals surface area contributed by atoms with Gasteiger partial charge in [0, 0.05) is 24.0 Å². The molecule has 1 aromatic heterocycles. The molecule has 2 aromatic rings. The zero-order valence-corrected chi connectivity index (χ0v) is 11.6. The van der Waals surface area contributed by atoms with Crippen LogP contribution in [-0.4, -0.2) is 15.8 Å². The monoisotopic (exact) mass is 303 g/mol. The maximum absolute atomic E-state index is 12.1. The molecule has 0 bridgehead atoms. The highest BCUT2D eigenvalue weighted by atomic mass is 35.5. The number of nitrogens with zero attached hydrogens (tertiary/aromatic N) is 3. The summed E-state index contributed by atoms with van der Waals surface area (Å²) < 4.78 is 0. The van der Waals surface area contributed by atoms with E-state index in [1.807, 2.05) is 0 Å². The first kappa shape index (κ1) is 13.5. The van der Waals surface area contributed by atoms with Crippen LogP contribution in [0.3, 0.4) is 0 Å². The molecule has 0 N–H and O–H groups in total. The minimum absolute atomic E-state index is 0.00319. The van der Waals surface area contributed by atoms with E-state index >= 15 is 0 Å². The zero-order chi connectivity index (χ0) is 15.0. The van der Waals surface area contributed by atoms with Crippen molar-refractivity contribution in [1.29, 1.82) is 0 Å². The second kappa shape index (κ2) is 5.14. The number of fused-ring (bicyclic) bond motifs is 1. The molecule has 0 fully saturated rings. The van der Waals surface area contributed by atoms with Crippen LogP contribution in [0, 0.1) is 10.1 Å². The van der Waals surface area contributed by atoms with E-state index in [2.05, 4.69) is 4.98 Å². The van der Waals surface area contributed by atoms with Crippen LogP contribution in [0.25, 0.3) is 0 Å². The summed E-state index contributed by atoms with van der Waals surface area (Å²) in [5.74, 6) is -0.0829. The number of hydrogen-bond donors (Lipinski definition) is 0. The lowest BCUT2D eigenvalue weighted by Crippen LogP contribution is -2.26. The van der Waals surface area contributed by atoms with E-state index in [9.17, 15) is 14.9 Å². The van der Waals surface area contributed by atoms with Crippen LogP contribution in [0.15, 0.2) is 36.5 Å². The number of pyridine rings is 1. The van der Waals surface area contributed by atoms with E-state index in [1.165, 1.54) is 12.1 Å². The number of halogens is 1. The third kappa shape index (κ3) is 2.57.